The molecule has 1 aromatic heterocycles. The van der Waals surface area contributed by atoms with Gasteiger partial charge in [0.05, 0.1) is 0 Å². The summed E-state index contributed by atoms with van der Waals surface area (Å²) in [5.74, 6) is 1.28. The van der Waals surface area contributed by atoms with Crippen LogP contribution in [0.15, 0.2) is 72.8 Å². The Morgan fingerprint density at radius 1 is 0.760 bits per heavy atom. The second-order valence-corrected chi connectivity index (χ2v) is 6.21. The van der Waals surface area contributed by atoms with Gasteiger partial charge in [0.25, 0.3) is 0 Å². The van der Waals surface area contributed by atoms with Gasteiger partial charge >= 0.3 is 0 Å². The fourth-order valence-electron chi connectivity index (χ4n) is 2.75. The minimum absolute atomic E-state index is 0.502. The topological polar surface area (TPSA) is 35.0 Å². The predicted octanol–water partition coefficient (Wildman–Crippen LogP) is 6.05. The van der Waals surface area contributed by atoms with E-state index in [9.17, 15) is 0 Å². The summed E-state index contributed by atoms with van der Waals surface area (Å²) < 4.78 is 6.04. The van der Waals surface area contributed by atoms with Crippen LogP contribution < -0.4 is 4.74 Å². The first-order valence-corrected chi connectivity index (χ1v) is 8.35. The van der Waals surface area contributed by atoms with Crippen LogP contribution in [0.4, 0.5) is 0 Å². The van der Waals surface area contributed by atoms with Crippen molar-refractivity contribution in [3.8, 4) is 22.9 Å². The zero-order chi connectivity index (χ0) is 17.2. The molecule has 25 heavy (non-hydrogen) atoms. The van der Waals surface area contributed by atoms with Gasteiger partial charge in [-0.3, -0.25) is 0 Å². The molecule has 0 aliphatic rings. The molecular weight excluding hydrogens is 332 g/mol. The van der Waals surface area contributed by atoms with Crippen molar-refractivity contribution in [3.63, 3.8) is 0 Å². The van der Waals surface area contributed by atoms with Crippen LogP contribution in [0.2, 0.25) is 5.02 Å². The van der Waals surface area contributed by atoms with Gasteiger partial charge in [-0.2, -0.15) is 0 Å². The first-order chi connectivity index (χ1) is 12.2. The molecule has 0 fully saturated rings. The van der Waals surface area contributed by atoms with E-state index in [2.05, 4.69) is 10.2 Å². The molecule has 0 saturated carbocycles. The smallest absolute Gasteiger partial charge is 0.246 e. The van der Waals surface area contributed by atoms with Gasteiger partial charge in [0, 0.05) is 21.4 Å². The quantitative estimate of drug-likeness (QED) is 0.453. The van der Waals surface area contributed by atoms with Gasteiger partial charge in [0.2, 0.25) is 5.88 Å². The molecule has 0 saturated heterocycles. The predicted molar refractivity (Wildman–Crippen MR) is 101 cm³/mol. The van der Waals surface area contributed by atoms with Crippen molar-refractivity contribution in [1.29, 1.82) is 0 Å². The van der Waals surface area contributed by atoms with Crippen molar-refractivity contribution in [1.82, 2.24) is 10.2 Å². The highest BCUT2D eigenvalue weighted by Crippen LogP contribution is 2.33. The summed E-state index contributed by atoms with van der Waals surface area (Å²) in [6, 6.07) is 23.4. The number of aryl methyl sites for hydroxylation is 1. The zero-order valence-corrected chi connectivity index (χ0v) is 14.4. The summed E-state index contributed by atoms with van der Waals surface area (Å²) in [6.07, 6.45) is 0. The molecule has 0 radical (unpaired) electrons. The highest BCUT2D eigenvalue weighted by molar-refractivity contribution is 6.30. The van der Waals surface area contributed by atoms with Gasteiger partial charge in [-0.15, -0.1) is 10.2 Å². The Labute approximate surface area is 150 Å². The van der Waals surface area contributed by atoms with E-state index in [1.54, 1.807) is 0 Å². The van der Waals surface area contributed by atoms with Crippen molar-refractivity contribution < 1.29 is 4.74 Å². The Kier molecular flexibility index (Phi) is 4.08. The maximum absolute atomic E-state index is 6.04. The molecule has 0 atom stereocenters. The van der Waals surface area contributed by atoms with Crippen molar-refractivity contribution >= 4 is 22.4 Å². The van der Waals surface area contributed by atoms with Gasteiger partial charge in [0.1, 0.15) is 11.4 Å². The normalized spacial score (nSPS) is 10.8. The third kappa shape index (κ3) is 3.06. The summed E-state index contributed by atoms with van der Waals surface area (Å²) in [7, 11) is 0. The lowest BCUT2D eigenvalue weighted by Crippen LogP contribution is -1.96. The van der Waals surface area contributed by atoms with Crippen LogP contribution >= 0.6 is 11.6 Å². The standard InChI is InChI=1S/C21H15ClN2O/c1-14-6-2-5-9-19(14)25-21-18-8-4-3-7-17(18)20(23-24-21)15-10-12-16(22)13-11-15/h2-13H,1H3. The van der Waals surface area contributed by atoms with Crippen molar-refractivity contribution in [2.45, 2.75) is 6.92 Å². The number of nitrogens with zero attached hydrogens (tertiary/aromatic N) is 2. The van der Waals surface area contributed by atoms with Crippen LogP contribution in [0.25, 0.3) is 22.0 Å². The third-order valence-corrected chi connectivity index (χ3v) is 4.32. The third-order valence-electron chi connectivity index (χ3n) is 4.07. The summed E-state index contributed by atoms with van der Waals surface area (Å²) in [5, 5.41) is 11.4. The number of benzene rings is 3. The van der Waals surface area contributed by atoms with Crippen LogP contribution in [-0.2, 0) is 0 Å². The van der Waals surface area contributed by atoms with Crippen LogP contribution in [0, 0.1) is 6.92 Å². The van der Waals surface area contributed by atoms with E-state index in [1.807, 2.05) is 79.7 Å². The first kappa shape index (κ1) is 15.6. The monoisotopic (exact) mass is 346 g/mol. The number of fused-ring (bicyclic) bond motifs is 1. The molecule has 4 heteroatoms. The number of halogens is 1. The SMILES string of the molecule is Cc1ccccc1Oc1nnc(-c2ccc(Cl)cc2)c2ccccc12. The van der Waals surface area contributed by atoms with Gasteiger partial charge in [-0.1, -0.05) is 60.1 Å². The molecule has 0 aliphatic carbocycles. The molecule has 0 N–H and O–H groups in total. The van der Waals surface area contributed by atoms with E-state index < -0.39 is 0 Å². The van der Waals surface area contributed by atoms with Crippen LogP contribution in [0.1, 0.15) is 5.56 Å². The molecule has 4 rings (SSSR count). The van der Waals surface area contributed by atoms with E-state index >= 15 is 0 Å². The minimum Gasteiger partial charge on any atom is -0.437 e. The number of ether oxygens (including phenoxy) is 1. The zero-order valence-electron chi connectivity index (χ0n) is 13.6. The average molecular weight is 347 g/mol. The molecule has 122 valence electrons. The largest absolute Gasteiger partial charge is 0.437 e. The Morgan fingerprint density at radius 2 is 1.44 bits per heavy atom. The second-order valence-electron chi connectivity index (χ2n) is 5.77. The summed E-state index contributed by atoms with van der Waals surface area (Å²) >= 11 is 5.99. The molecule has 0 bridgehead atoms. The molecule has 0 unspecified atom stereocenters. The summed E-state index contributed by atoms with van der Waals surface area (Å²) in [5.41, 5.74) is 2.83. The van der Waals surface area contributed by atoms with E-state index in [1.165, 1.54) is 0 Å². The number of aromatic nitrogens is 2. The molecule has 0 spiro atoms. The van der Waals surface area contributed by atoms with Gasteiger partial charge in [-0.05, 0) is 36.8 Å². The molecule has 1 heterocycles. The number of hydrogen-bond acceptors (Lipinski definition) is 3. The molecule has 0 aliphatic heterocycles. The Balaban J connectivity index is 1.85. The Morgan fingerprint density at radius 3 is 2.20 bits per heavy atom. The van der Waals surface area contributed by atoms with Crippen LogP contribution in [0.3, 0.4) is 0 Å². The summed E-state index contributed by atoms with van der Waals surface area (Å²) in [6.45, 7) is 2.01. The second kappa shape index (κ2) is 6.54. The van der Waals surface area contributed by atoms with Gasteiger partial charge in [0.15, 0.2) is 0 Å². The fraction of sp³-hybridized carbons (Fsp3) is 0.0476. The highest BCUT2D eigenvalue weighted by Gasteiger charge is 2.13. The number of rotatable bonds is 3. The van der Waals surface area contributed by atoms with Crippen molar-refractivity contribution in [2.75, 3.05) is 0 Å². The van der Waals surface area contributed by atoms with Crippen molar-refractivity contribution in [3.05, 3.63) is 83.4 Å². The summed E-state index contributed by atoms with van der Waals surface area (Å²) in [4.78, 5) is 0. The lowest BCUT2D eigenvalue weighted by Gasteiger charge is -2.11. The molecule has 0 amide bonds. The maximum Gasteiger partial charge on any atom is 0.246 e. The first-order valence-electron chi connectivity index (χ1n) is 7.97. The lowest BCUT2D eigenvalue weighted by atomic mass is 10.1. The Bertz CT molecular complexity index is 1050. The van der Waals surface area contributed by atoms with Gasteiger partial charge < -0.3 is 4.74 Å². The van der Waals surface area contributed by atoms with E-state index in [4.69, 9.17) is 16.3 Å². The lowest BCUT2D eigenvalue weighted by molar-refractivity contribution is 0.459. The van der Waals surface area contributed by atoms with E-state index in [0.717, 1.165) is 33.3 Å². The average Bonchev–Trinajstić information content (AvgIpc) is 2.65. The fourth-order valence-corrected chi connectivity index (χ4v) is 2.88. The molecule has 3 aromatic carbocycles. The Hall–Kier alpha value is -2.91. The number of para-hydroxylation sites is 1. The number of hydrogen-bond donors (Lipinski definition) is 0. The van der Waals surface area contributed by atoms with E-state index in [0.29, 0.717) is 10.9 Å². The maximum atomic E-state index is 6.04. The minimum atomic E-state index is 0.502. The van der Waals surface area contributed by atoms with Crippen LogP contribution in [0.5, 0.6) is 11.6 Å². The van der Waals surface area contributed by atoms with Gasteiger partial charge in [-0.25, -0.2) is 0 Å². The van der Waals surface area contributed by atoms with E-state index in [-0.39, 0.29) is 0 Å². The van der Waals surface area contributed by atoms with Crippen LogP contribution in [-0.4, -0.2) is 10.2 Å². The highest BCUT2D eigenvalue weighted by atomic mass is 35.5. The van der Waals surface area contributed by atoms with Crippen molar-refractivity contribution in [2.24, 2.45) is 0 Å². The molecular formula is C21H15ClN2O. The molecule has 3 nitrogen and oxygen atoms in total. The molecule has 4 aromatic rings.